The van der Waals surface area contributed by atoms with E-state index < -0.39 is 0 Å². The molecule has 1 atom stereocenters. The fraction of sp³-hybridized carbons (Fsp3) is 0.692. The molecule has 0 aliphatic carbocycles. The predicted molar refractivity (Wildman–Crippen MR) is 76.6 cm³/mol. The summed E-state index contributed by atoms with van der Waals surface area (Å²) in [6.07, 6.45) is 2.39. The van der Waals surface area contributed by atoms with Gasteiger partial charge in [-0.1, -0.05) is 0 Å². The molecule has 2 rings (SSSR count). The first kappa shape index (κ1) is 14.0. The molecule has 106 valence electrons. The Bertz CT molecular complexity index is 393. The van der Waals surface area contributed by atoms with Crippen LogP contribution in [-0.2, 0) is 4.74 Å². The highest BCUT2D eigenvalue weighted by Gasteiger charge is 2.13. The molecule has 6 heteroatoms. The number of anilines is 2. The molecule has 1 aliphatic rings. The lowest BCUT2D eigenvalue weighted by atomic mass is 10.1. The molecule has 19 heavy (non-hydrogen) atoms. The van der Waals surface area contributed by atoms with E-state index >= 15 is 0 Å². The highest BCUT2D eigenvalue weighted by Crippen LogP contribution is 2.14. The number of rotatable bonds is 6. The van der Waals surface area contributed by atoms with E-state index in [2.05, 4.69) is 25.9 Å². The van der Waals surface area contributed by atoms with E-state index in [1.807, 2.05) is 13.0 Å². The molecule has 1 saturated heterocycles. The van der Waals surface area contributed by atoms with Crippen LogP contribution in [0.1, 0.15) is 18.7 Å². The van der Waals surface area contributed by atoms with Gasteiger partial charge in [0.2, 0.25) is 0 Å². The van der Waals surface area contributed by atoms with Crippen molar-refractivity contribution in [1.29, 1.82) is 0 Å². The summed E-state index contributed by atoms with van der Waals surface area (Å²) in [7, 11) is 1.69. The van der Waals surface area contributed by atoms with E-state index in [0.717, 1.165) is 37.1 Å². The van der Waals surface area contributed by atoms with Crippen molar-refractivity contribution in [3.63, 3.8) is 0 Å². The van der Waals surface area contributed by atoms with Gasteiger partial charge in [-0.15, -0.1) is 0 Å². The average Bonchev–Trinajstić information content (AvgIpc) is 2.39. The molecule has 1 aromatic heterocycles. The van der Waals surface area contributed by atoms with E-state index in [1.54, 1.807) is 7.11 Å². The smallest absolute Gasteiger partial charge is 0.132 e. The van der Waals surface area contributed by atoms with Crippen LogP contribution in [0.2, 0.25) is 0 Å². The Morgan fingerprint density at radius 3 is 3.00 bits per heavy atom. The Kier molecular flexibility index (Phi) is 5.35. The number of aromatic nitrogens is 2. The summed E-state index contributed by atoms with van der Waals surface area (Å²) >= 11 is 0. The highest BCUT2D eigenvalue weighted by atomic mass is 16.5. The highest BCUT2D eigenvalue weighted by molar-refractivity contribution is 5.48. The summed E-state index contributed by atoms with van der Waals surface area (Å²) in [4.78, 5) is 8.80. The van der Waals surface area contributed by atoms with E-state index in [4.69, 9.17) is 4.74 Å². The summed E-state index contributed by atoms with van der Waals surface area (Å²) in [5.74, 6) is 2.51. The van der Waals surface area contributed by atoms with Crippen molar-refractivity contribution in [1.82, 2.24) is 15.3 Å². The summed E-state index contributed by atoms with van der Waals surface area (Å²) in [6.45, 7) is 5.43. The van der Waals surface area contributed by atoms with Crippen molar-refractivity contribution in [2.45, 2.75) is 25.8 Å². The van der Waals surface area contributed by atoms with Crippen molar-refractivity contribution in [3.8, 4) is 0 Å². The predicted octanol–water partition coefficient (Wildman–Crippen LogP) is 1.01. The number of methoxy groups -OCH3 is 1. The van der Waals surface area contributed by atoms with E-state index in [9.17, 15) is 0 Å². The monoisotopic (exact) mass is 265 g/mol. The van der Waals surface area contributed by atoms with Gasteiger partial charge >= 0.3 is 0 Å². The first-order chi connectivity index (χ1) is 9.28. The van der Waals surface area contributed by atoms with Crippen LogP contribution in [0, 0.1) is 6.92 Å². The van der Waals surface area contributed by atoms with Gasteiger partial charge < -0.3 is 20.7 Å². The maximum atomic E-state index is 5.02. The van der Waals surface area contributed by atoms with Gasteiger partial charge in [0.25, 0.3) is 0 Å². The molecule has 0 amide bonds. The first-order valence-corrected chi connectivity index (χ1v) is 6.83. The minimum atomic E-state index is 0.454. The molecule has 0 saturated carbocycles. The maximum absolute atomic E-state index is 5.02. The zero-order chi connectivity index (χ0) is 13.5. The molecular formula is C13H23N5O. The number of aryl methyl sites for hydroxylation is 1. The van der Waals surface area contributed by atoms with Crippen molar-refractivity contribution in [3.05, 3.63) is 11.9 Å². The van der Waals surface area contributed by atoms with Gasteiger partial charge in [0, 0.05) is 32.3 Å². The van der Waals surface area contributed by atoms with Crippen LogP contribution in [0.15, 0.2) is 6.07 Å². The number of ether oxygens (including phenoxy) is 1. The lowest BCUT2D eigenvalue weighted by Crippen LogP contribution is -2.38. The third kappa shape index (κ3) is 4.65. The van der Waals surface area contributed by atoms with Gasteiger partial charge in [-0.05, 0) is 26.3 Å². The third-order valence-electron chi connectivity index (χ3n) is 3.10. The number of piperidine rings is 1. The molecule has 0 radical (unpaired) electrons. The molecule has 0 aromatic carbocycles. The van der Waals surface area contributed by atoms with Crippen LogP contribution in [0.5, 0.6) is 0 Å². The Hall–Kier alpha value is -1.40. The van der Waals surface area contributed by atoms with E-state index in [-0.39, 0.29) is 0 Å². The largest absolute Gasteiger partial charge is 0.383 e. The lowest BCUT2D eigenvalue weighted by Gasteiger charge is -2.24. The Balaban J connectivity index is 1.95. The zero-order valence-electron chi connectivity index (χ0n) is 11.7. The molecule has 1 unspecified atom stereocenters. The average molecular weight is 265 g/mol. The zero-order valence-corrected chi connectivity index (χ0v) is 11.7. The summed E-state index contributed by atoms with van der Waals surface area (Å²) < 4.78 is 5.02. The van der Waals surface area contributed by atoms with Crippen LogP contribution >= 0.6 is 0 Å². The SMILES string of the molecule is COCCNc1cc(NC2CCCNC2)nc(C)n1. The number of nitrogens with one attached hydrogen (secondary N) is 3. The second-order valence-corrected chi connectivity index (χ2v) is 4.79. The molecule has 1 fully saturated rings. The second-order valence-electron chi connectivity index (χ2n) is 4.79. The van der Waals surface area contributed by atoms with Gasteiger partial charge in [-0.25, -0.2) is 9.97 Å². The van der Waals surface area contributed by atoms with Gasteiger partial charge in [0.05, 0.1) is 6.61 Å². The van der Waals surface area contributed by atoms with Gasteiger partial charge in [-0.2, -0.15) is 0 Å². The fourth-order valence-corrected chi connectivity index (χ4v) is 2.20. The first-order valence-electron chi connectivity index (χ1n) is 6.83. The summed E-state index contributed by atoms with van der Waals surface area (Å²) in [5, 5.41) is 10.1. The van der Waals surface area contributed by atoms with E-state index in [1.165, 1.54) is 12.8 Å². The normalized spacial score (nSPS) is 19.2. The number of nitrogens with zero attached hydrogens (tertiary/aromatic N) is 2. The molecule has 6 nitrogen and oxygen atoms in total. The maximum Gasteiger partial charge on any atom is 0.132 e. The van der Waals surface area contributed by atoms with Crippen molar-refractivity contribution in [2.75, 3.05) is 44.0 Å². The standard InChI is InChI=1S/C13H23N5O/c1-10-16-12(15-6-7-19-2)8-13(17-10)18-11-4-3-5-14-9-11/h8,11,14H,3-7,9H2,1-2H3,(H2,15,16,17,18). The van der Waals surface area contributed by atoms with Crippen LogP contribution < -0.4 is 16.0 Å². The number of hydrogen-bond donors (Lipinski definition) is 3. The molecule has 0 spiro atoms. The topological polar surface area (TPSA) is 71.1 Å². The van der Waals surface area contributed by atoms with Crippen LogP contribution in [0.25, 0.3) is 0 Å². The Labute approximate surface area is 114 Å². The third-order valence-corrected chi connectivity index (χ3v) is 3.10. The van der Waals surface area contributed by atoms with Crippen molar-refractivity contribution < 1.29 is 4.74 Å². The summed E-state index contributed by atoms with van der Waals surface area (Å²) in [5.41, 5.74) is 0. The van der Waals surface area contributed by atoms with E-state index in [0.29, 0.717) is 12.6 Å². The van der Waals surface area contributed by atoms with Gasteiger partial charge in [0.1, 0.15) is 17.5 Å². The Morgan fingerprint density at radius 1 is 1.42 bits per heavy atom. The van der Waals surface area contributed by atoms with Crippen LogP contribution in [-0.4, -0.2) is 49.4 Å². The molecule has 1 aliphatic heterocycles. The van der Waals surface area contributed by atoms with Crippen molar-refractivity contribution >= 4 is 11.6 Å². The fourth-order valence-electron chi connectivity index (χ4n) is 2.20. The van der Waals surface area contributed by atoms with Crippen LogP contribution in [0.3, 0.4) is 0 Å². The molecule has 2 heterocycles. The van der Waals surface area contributed by atoms with Crippen molar-refractivity contribution in [2.24, 2.45) is 0 Å². The Morgan fingerprint density at radius 2 is 2.26 bits per heavy atom. The quantitative estimate of drug-likeness (QED) is 0.667. The minimum Gasteiger partial charge on any atom is -0.383 e. The molecule has 0 bridgehead atoms. The number of hydrogen-bond acceptors (Lipinski definition) is 6. The molecule has 3 N–H and O–H groups in total. The summed E-state index contributed by atoms with van der Waals surface area (Å²) in [6, 6.07) is 2.41. The lowest BCUT2D eigenvalue weighted by molar-refractivity contribution is 0.210. The van der Waals surface area contributed by atoms with Gasteiger partial charge in [0.15, 0.2) is 0 Å². The second kappa shape index (κ2) is 7.25. The minimum absolute atomic E-state index is 0.454. The van der Waals surface area contributed by atoms with Crippen LogP contribution in [0.4, 0.5) is 11.6 Å². The molecule has 1 aromatic rings. The van der Waals surface area contributed by atoms with Gasteiger partial charge in [-0.3, -0.25) is 0 Å². The molecular weight excluding hydrogens is 242 g/mol.